The summed E-state index contributed by atoms with van der Waals surface area (Å²) in [6.07, 6.45) is 0.573. The number of rotatable bonds is 4. The third-order valence-corrected chi connectivity index (χ3v) is 4.10. The lowest BCUT2D eigenvalue weighted by atomic mass is 10.2. The number of carbonyl (C=O) groups is 2. The van der Waals surface area contributed by atoms with Crippen LogP contribution in [0.5, 0.6) is 5.75 Å². The molecule has 0 unspecified atom stereocenters. The van der Waals surface area contributed by atoms with Gasteiger partial charge in [0.05, 0.1) is 16.3 Å². The Morgan fingerprint density at radius 2 is 1.89 bits per heavy atom. The summed E-state index contributed by atoms with van der Waals surface area (Å²) in [4.78, 5) is 24.0. The first-order valence-corrected chi connectivity index (χ1v) is 9.62. The molecule has 0 aliphatic rings. The first-order valence-electron chi connectivity index (χ1n) is 8.04. The molecule has 28 heavy (non-hydrogen) atoms. The Bertz CT molecular complexity index is 927. The lowest BCUT2D eigenvalue weighted by Crippen LogP contribution is -2.29. The van der Waals surface area contributed by atoms with Crippen molar-refractivity contribution in [2.24, 2.45) is 5.10 Å². The fourth-order valence-electron chi connectivity index (χ4n) is 2.01. The molecule has 0 aliphatic heterocycles. The summed E-state index contributed by atoms with van der Waals surface area (Å²) < 4.78 is 25.0. The lowest BCUT2D eigenvalue weighted by Gasteiger charge is -2.18. The number of ether oxygens (including phenoxy) is 2. The van der Waals surface area contributed by atoms with Crippen LogP contribution in [0, 0.1) is 5.82 Å². The zero-order valence-corrected chi connectivity index (χ0v) is 18.4. The molecule has 0 atom stereocenters. The van der Waals surface area contributed by atoms with Crippen LogP contribution < -0.4 is 10.2 Å². The highest BCUT2D eigenvalue weighted by atomic mass is 79.9. The van der Waals surface area contributed by atoms with Crippen molar-refractivity contribution in [2.75, 3.05) is 0 Å². The molecule has 0 aliphatic carbocycles. The molecule has 0 spiro atoms. The Kier molecular flexibility index (Phi) is 7.31. The number of benzene rings is 2. The molecule has 0 saturated carbocycles. The number of amides is 1. The third-order valence-electron chi connectivity index (χ3n) is 3.05. The fourth-order valence-corrected chi connectivity index (χ4v) is 3.35. The Balaban J connectivity index is 2.22. The normalized spacial score (nSPS) is 11.4. The van der Waals surface area contributed by atoms with Crippen LogP contribution in [-0.2, 0) is 4.74 Å². The molecule has 1 N–H and O–H groups in total. The molecule has 0 fully saturated rings. The Morgan fingerprint density at radius 3 is 2.54 bits per heavy atom. The maximum absolute atomic E-state index is 13.3. The maximum atomic E-state index is 13.3. The van der Waals surface area contributed by atoms with Crippen LogP contribution in [0.2, 0.25) is 0 Å². The van der Waals surface area contributed by atoms with Gasteiger partial charge in [-0.25, -0.2) is 19.4 Å². The van der Waals surface area contributed by atoms with Crippen LogP contribution in [0.15, 0.2) is 50.4 Å². The van der Waals surface area contributed by atoms with Gasteiger partial charge in [-0.3, -0.25) is 0 Å². The second-order valence-corrected chi connectivity index (χ2v) is 8.35. The number of carbonyl (C=O) groups excluding carboxylic acids is 2. The number of hydrogen-bond donors (Lipinski definition) is 1. The van der Waals surface area contributed by atoms with Gasteiger partial charge in [-0.05, 0) is 67.0 Å². The van der Waals surface area contributed by atoms with Crippen molar-refractivity contribution in [3.63, 3.8) is 0 Å². The van der Waals surface area contributed by atoms with Gasteiger partial charge in [0.25, 0.3) is 0 Å². The van der Waals surface area contributed by atoms with E-state index in [1.165, 1.54) is 24.4 Å². The Morgan fingerprint density at radius 1 is 1.18 bits per heavy atom. The summed E-state index contributed by atoms with van der Waals surface area (Å²) in [6.45, 7) is 5.18. The maximum Gasteiger partial charge on any atom is 0.428 e. The van der Waals surface area contributed by atoms with E-state index in [4.69, 9.17) is 9.47 Å². The van der Waals surface area contributed by atoms with Gasteiger partial charge in [0.1, 0.15) is 11.4 Å². The van der Waals surface area contributed by atoms with E-state index in [9.17, 15) is 14.0 Å². The SMILES string of the molecule is CC(C)(C)OC(=O)NN=Cc1cc(Br)cc(Br)c1OC(=O)c1cccc(F)c1. The first kappa shape index (κ1) is 22.0. The van der Waals surface area contributed by atoms with Gasteiger partial charge in [-0.2, -0.15) is 5.10 Å². The molecular formula is C19H17Br2FN2O4. The van der Waals surface area contributed by atoms with Gasteiger partial charge in [0, 0.05) is 10.0 Å². The number of hydrogen-bond acceptors (Lipinski definition) is 5. The summed E-state index contributed by atoms with van der Waals surface area (Å²) in [5.74, 6) is -1.13. The first-order chi connectivity index (χ1) is 13.0. The number of nitrogens with one attached hydrogen (secondary N) is 1. The van der Waals surface area contributed by atoms with E-state index in [0.29, 0.717) is 14.5 Å². The van der Waals surface area contributed by atoms with Crippen molar-refractivity contribution in [1.29, 1.82) is 0 Å². The second-order valence-electron chi connectivity index (χ2n) is 6.58. The molecule has 2 aromatic rings. The highest BCUT2D eigenvalue weighted by molar-refractivity contribution is 9.11. The zero-order chi connectivity index (χ0) is 20.9. The summed E-state index contributed by atoms with van der Waals surface area (Å²) in [5, 5.41) is 3.82. The van der Waals surface area contributed by atoms with E-state index in [1.54, 1.807) is 32.9 Å². The zero-order valence-electron chi connectivity index (χ0n) is 15.3. The van der Waals surface area contributed by atoms with Crippen molar-refractivity contribution in [1.82, 2.24) is 5.43 Å². The van der Waals surface area contributed by atoms with E-state index < -0.39 is 23.5 Å². The molecule has 0 aromatic heterocycles. The largest absolute Gasteiger partial charge is 0.443 e. The highest BCUT2D eigenvalue weighted by Gasteiger charge is 2.17. The van der Waals surface area contributed by atoms with Crippen molar-refractivity contribution < 1.29 is 23.5 Å². The predicted molar refractivity (Wildman–Crippen MR) is 110 cm³/mol. The topological polar surface area (TPSA) is 77.0 Å². The van der Waals surface area contributed by atoms with Gasteiger partial charge in [0.15, 0.2) is 5.75 Å². The molecule has 2 aromatic carbocycles. The van der Waals surface area contributed by atoms with Gasteiger partial charge in [-0.15, -0.1) is 0 Å². The van der Waals surface area contributed by atoms with Crippen LogP contribution >= 0.6 is 31.9 Å². The van der Waals surface area contributed by atoms with Crippen molar-refractivity contribution in [3.05, 3.63) is 62.3 Å². The molecule has 2 rings (SSSR count). The highest BCUT2D eigenvalue weighted by Crippen LogP contribution is 2.32. The standard InChI is InChI=1S/C19H17Br2FN2O4/c1-19(2,3)28-18(26)24-23-10-12-7-13(20)9-15(21)16(12)27-17(25)11-5-4-6-14(22)8-11/h4-10H,1-3H3,(H,24,26). The number of esters is 1. The molecule has 148 valence electrons. The minimum Gasteiger partial charge on any atom is -0.443 e. The Hall–Kier alpha value is -2.26. The van der Waals surface area contributed by atoms with Crippen molar-refractivity contribution in [2.45, 2.75) is 26.4 Å². The minimum atomic E-state index is -0.739. The molecule has 1 amide bonds. The molecule has 0 radical (unpaired) electrons. The Labute approximate surface area is 178 Å². The van der Waals surface area contributed by atoms with E-state index in [0.717, 1.165) is 6.07 Å². The fraction of sp³-hybridized carbons (Fsp3) is 0.211. The molecule has 9 heteroatoms. The smallest absolute Gasteiger partial charge is 0.428 e. The van der Waals surface area contributed by atoms with Gasteiger partial charge >= 0.3 is 12.1 Å². The molecule has 0 saturated heterocycles. The van der Waals surface area contributed by atoms with Crippen LogP contribution in [0.25, 0.3) is 0 Å². The van der Waals surface area contributed by atoms with Crippen molar-refractivity contribution >= 4 is 50.1 Å². The third kappa shape index (κ3) is 6.72. The minimum absolute atomic E-state index is 0.0598. The molecule has 6 nitrogen and oxygen atoms in total. The number of nitrogens with zero attached hydrogens (tertiary/aromatic N) is 1. The van der Waals surface area contributed by atoms with E-state index in [1.807, 2.05) is 0 Å². The number of hydrazone groups is 1. The molecular weight excluding hydrogens is 499 g/mol. The number of halogens is 3. The monoisotopic (exact) mass is 514 g/mol. The summed E-state index contributed by atoms with van der Waals surface area (Å²) in [7, 11) is 0. The lowest BCUT2D eigenvalue weighted by molar-refractivity contribution is 0.0529. The van der Waals surface area contributed by atoms with Gasteiger partial charge < -0.3 is 9.47 Å². The summed E-state index contributed by atoms with van der Waals surface area (Å²) in [6, 6.07) is 8.47. The van der Waals surface area contributed by atoms with Crippen molar-refractivity contribution in [3.8, 4) is 5.75 Å². The average molecular weight is 516 g/mol. The van der Waals surface area contributed by atoms with E-state index >= 15 is 0 Å². The van der Waals surface area contributed by atoms with E-state index in [-0.39, 0.29) is 11.3 Å². The predicted octanol–water partition coefficient (Wildman–Crippen LogP) is 5.43. The summed E-state index contributed by atoms with van der Waals surface area (Å²) >= 11 is 6.65. The molecule has 0 heterocycles. The second kappa shape index (κ2) is 9.29. The quantitative estimate of drug-likeness (QED) is 0.255. The van der Waals surface area contributed by atoms with Crippen LogP contribution in [0.3, 0.4) is 0 Å². The summed E-state index contributed by atoms with van der Waals surface area (Å²) in [5.41, 5.74) is 2.02. The van der Waals surface area contributed by atoms with Gasteiger partial charge in [0.2, 0.25) is 0 Å². The average Bonchev–Trinajstić information content (AvgIpc) is 2.56. The van der Waals surface area contributed by atoms with Gasteiger partial charge in [-0.1, -0.05) is 22.0 Å². The van der Waals surface area contributed by atoms with E-state index in [2.05, 4.69) is 42.4 Å². The van der Waals surface area contributed by atoms with Crippen LogP contribution in [-0.4, -0.2) is 23.9 Å². The van der Waals surface area contributed by atoms with Crippen LogP contribution in [0.1, 0.15) is 36.7 Å². The van der Waals surface area contributed by atoms with Crippen LogP contribution in [0.4, 0.5) is 9.18 Å². The molecule has 0 bridgehead atoms.